The Morgan fingerprint density at radius 2 is 1.27 bits per heavy atom. The quantitative estimate of drug-likeness (QED) is 0.261. The van der Waals surface area contributed by atoms with Crippen molar-refractivity contribution in [1.82, 2.24) is 0 Å². The van der Waals surface area contributed by atoms with E-state index in [1.54, 1.807) is 0 Å². The van der Waals surface area contributed by atoms with Crippen molar-refractivity contribution >= 4 is 15.4 Å². The number of benzene rings is 4. The van der Waals surface area contributed by atoms with Crippen molar-refractivity contribution in [2.24, 2.45) is 0 Å². The fourth-order valence-corrected chi connectivity index (χ4v) is 5.11. The molecule has 0 heterocycles. The van der Waals surface area contributed by atoms with Crippen LogP contribution in [0.3, 0.4) is 0 Å². The number of hydrogen-bond donors (Lipinski definition) is 0. The minimum absolute atomic E-state index is 0. The van der Waals surface area contributed by atoms with E-state index in [1.807, 2.05) is 48.6 Å². The van der Waals surface area contributed by atoms with Gasteiger partial charge in [0.05, 0.1) is 0 Å². The number of hydrogen-bond acceptors (Lipinski definition) is 0. The minimum Gasteiger partial charge on any atom is -1.00 e. The maximum atomic E-state index is 3.82. The molecule has 5 aromatic rings. The molecule has 6 rings (SSSR count). The Morgan fingerprint density at radius 1 is 0.750 bits per heavy atom. The summed E-state index contributed by atoms with van der Waals surface area (Å²) in [6.07, 6.45) is 4.74. The Morgan fingerprint density at radius 3 is 1.75 bits per heavy atom. The zero-order valence-corrected chi connectivity index (χ0v) is 26.9. The standard InChI is InChI=1S/C17H13.C15H14.C5H5.2ClH.Zr/c1-3-12-5-7-14-11-15-8-6-13(4-2)10-17(15)16(14)9-12;1-12-3-7-14(8-4-12)11-15-9-5-13(2)6-10-15;1-2-4-5-3-1;;;/h3-7,9-10H,1-2,11H2;3-10H,1-2H3;1-5H;2*1H;/q-1;;-1;;;+2/p-2. The van der Waals surface area contributed by atoms with E-state index in [0.717, 1.165) is 12.0 Å². The van der Waals surface area contributed by atoms with Crippen LogP contribution in [0.5, 0.6) is 0 Å². The van der Waals surface area contributed by atoms with Gasteiger partial charge in [-0.2, -0.15) is 42.0 Å². The van der Waals surface area contributed by atoms with Gasteiger partial charge < -0.3 is 24.8 Å². The second kappa shape index (κ2) is 16.3. The van der Waals surface area contributed by atoms with Crippen LogP contribution in [-0.4, -0.2) is 3.21 Å². The van der Waals surface area contributed by atoms with Gasteiger partial charge >= 0.3 is 112 Å². The molecule has 0 bridgehead atoms. The van der Waals surface area contributed by atoms with E-state index in [2.05, 4.69) is 106 Å². The van der Waals surface area contributed by atoms with Crippen LogP contribution in [0.25, 0.3) is 23.3 Å². The molecule has 0 nitrogen and oxygen atoms in total. The molecule has 0 spiro atoms. The average Bonchev–Trinajstić information content (AvgIpc) is 3.65. The molecule has 0 atom stereocenters. The fourth-order valence-electron chi connectivity index (χ4n) is 4.29. The molecule has 0 aromatic heterocycles. The van der Waals surface area contributed by atoms with Crippen LogP contribution in [0.1, 0.15) is 44.5 Å². The molecule has 1 aliphatic rings. The summed E-state index contributed by atoms with van der Waals surface area (Å²) >= 11 is 1.46. The normalized spacial score (nSPS) is 10.1. The zero-order chi connectivity index (χ0) is 26.9. The Kier molecular flexibility index (Phi) is 13.6. The van der Waals surface area contributed by atoms with Crippen LogP contribution < -0.4 is 24.8 Å². The predicted octanol–water partition coefficient (Wildman–Crippen LogP) is 3.18. The molecule has 0 unspecified atom stereocenters. The summed E-state index contributed by atoms with van der Waals surface area (Å²) in [5.74, 6) is 0. The van der Waals surface area contributed by atoms with Gasteiger partial charge in [-0.15, -0.1) is 23.8 Å². The van der Waals surface area contributed by atoms with Gasteiger partial charge in [0.2, 0.25) is 0 Å². The summed E-state index contributed by atoms with van der Waals surface area (Å²) < 4.78 is 1.42. The zero-order valence-electron chi connectivity index (χ0n) is 22.9. The molecule has 0 fully saturated rings. The summed E-state index contributed by atoms with van der Waals surface area (Å²) in [6, 6.07) is 41.6. The molecular formula is C37H32Cl2Zr-2. The predicted molar refractivity (Wildman–Crippen MR) is 161 cm³/mol. The molecule has 0 N–H and O–H groups in total. The first-order valence-electron chi connectivity index (χ1n) is 12.8. The van der Waals surface area contributed by atoms with Gasteiger partial charge in [-0.05, 0) is 12.0 Å². The Hall–Kier alpha value is -2.96. The summed E-state index contributed by atoms with van der Waals surface area (Å²) in [5, 5.41) is 0. The van der Waals surface area contributed by atoms with E-state index in [-0.39, 0.29) is 24.8 Å². The maximum Gasteiger partial charge on any atom is -0.172 e. The molecule has 0 amide bonds. The largest absolute Gasteiger partial charge is 1.00 e. The second-order valence-corrected chi connectivity index (χ2v) is 10.6. The van der Waals surface area contributed by atoms with E-state index < -0.39 is 0 Å². The van der Waals surface area contributed by atoms with Crippen LogP contribution in [0.2, 0.25) is 0 Å². The van der Waals surface area contributed by atoms with Crippen LogP contribution in [0, 0.1) is 19.9 Å². The van der Waals surface area contributed by atoms with Crippen molar-refractivity contribution in [3.63, 3.8) is 0 Å². The van der Waals surface area contributed by atoms with Gasteiger partial charge in [0, 0.05) is 0 Å². The van der Waals surface area contributed by atoms with Crippen molar-refractivity contribution in [2.45, 2.75) is 20.3 Å². The molecule has 40 heavy (non-hydrogen) atoms. The van der Waals surface area contributed by atoms with Gasteiger partial charge in [0.25, 0.3) is 0 Å². The van der Waals surface area contributed by atoms with Crippen molar-refractivity contribution < 1.29 is 49.0 Å². The van der Waals surface area contributed by atoms with Crippen molar-refractivity contribution in [3.05, 3.63) is 173 Å². The first-order valence-corrected chi connectivity index (χ1v) is 14.0. The van der Waals surface area contributed by atoms with Crippen LogP contribution in [0.4, 0.5) is 0 Å². The first-order chi connectivity index (χ1) is 18.5. The molecule has 0 saturated heterocycles. The summed E-state index contributed by atoms with van der Waals surface area (Å²) in [7, 11) is 0. The third kappa shape index (κ3) is 8.77. The summed E-state index contributed by atoms with van der Waals surface area (Å²) in [6.45, 7) is 11.9. The molecule has 5 aromatic carbocycles. The van der Waals surface area contributed by atoms with Crippen molar-refractivity contribution in [3.8, 4) is 11.1 Å². The molecule has 200 valence electrons. The molecule has 0 radical (unpaired) electrons. The van der Waals surface area contributed by atoms with Gasteiger partial charge in [-0.3, -0.25) is 0 Å². The minimum atomic E-state index is 0. The maximum absolute atomic E-state index is 3.82. The Balaban J connectivity index is 0.000000229. The smallest absolute Gasteiger partial charge is 0.172 e. The van der Waals surface area contributed by atoms with Crippen LogP contribution >= 0.6 is 0 Å². The van der Waals surface area contributed by atoms with E-state index in [0.29, 0.717) is 0 Å². The van der Waals surface area contributed by atoms with E-state index in [1.165, 1.54) is 77.5 Å². The van der Waals surface area contributed by atoms with Crippen LogP contribution in [-0.2, 0) is 30.7 Å². The molecule has 0 saturated carbocycles. The Bertz CT molecular complexity index is 1410. The van der Waals surface area contributed by atoms with E-state index in [9.17, 15) is 0 Å². The summed E-state index contributed by atoms with van der Waals surface area (Å²) in [4.78, 5) is 0. The van der Waals surface area contributed by atoms with E-state index >= 15 is 0 Å². The van der Waals surface area contributed by atoms with Gasteiger partial charge in [0.1, 0.15) is 0 Å². The van der Waals surface area contributed by atoms with Crippen molar-refractivity contribution in [1.29, 1.82) is 0 Å². The SMILES string of the molecule is C=Cc1c[c-]c2c(c1)-c1cc(C=C)ccc1C2.Cc1ccc([C](=[Zr+2])c2ccc(C)cc2)cc1.[Cl-].[Cl-].c1cc[cH-]c1. The molecule has 3 heteroatoms. The average molecular weight is 639 g/mol. The molecular weight excluding hydrogens is 607 g/mol. The first kappa shape index (κ1) is 33.3. The fraction of sp³-hybridized carbons (Fsp3) is 0.0811. The third-order valence-corrected chi connectivity index (χ3v) is 7.97. The molecule has 0 aliphatic heterocycles. The summed E-state index contributed by atoms with van der Waals surface area (Å²) in [5.41, 5.74) is 12.9. The number of fused-ring (bicyclic) bond motifs is 3. The van der Waals surface area contributed by atoms with E-state index in [4.69, 9.17) is 0 Å². The van der Waals surface area contributed by atoms with Crippen LogP contribution in [0.15, 0.2) is 122 Å². The van der Waals surface area contributed by atoms with Gasteiger partial charge in [0.15, 0.2) is 0 Å². The monoisotopic (exact) mass is 636 g/mol. The number of halogens is 2. The number of aryl methyl sites for hydroxylation is 2. The topological polar surface area (TPSA) is 0 Å². The van der Waals surface area contributed by atoms with Crippen molar-refractivity contribution in [2.75, 3.05) is 0 Å². The van der Waals surface area contributed by atoms with Gasteiger partial charge in [-0.25, -0.2) is 12.1 Å². The molecule has 1 aliphatic carbocycles. The number of rotatable bonds is 4. The second-order valence-electron chi connectivity index (χ2n) is 9.40. The Labute approximate surface area is 267 Å². The van der Waals surface area contributed by atoms with Gasteiger partial charge in [-0.1, -0.05) is 42.0 Å². The third-order valence-electron chi connectivity index (χ3n) is 6.55.